The van der Waals surface area contributed by atoms with Crippen LogP contribution in [0.1, 0.15) is 37.8 Å². The molecule has 1 aliphatic heterocycles. The van der Waals surface area contributed by atoms with Crippen LogP contribution in [0.15, 0.2) is 28.0 Å². The van der Waals surface area contributed by atoms with Gasteiger partial charge in [0, 0.05) is 58.7 Å². The van der Waals surface area contributed by atoms with Crippen molar-refractivity contribution in [3.63, 3.8) is 0 Å². The molecule has 0 saturated carbocycles. The zero-order chi connectivity index (χ0) is 18.8. The van der Waals surface area contributed by atoms with Gasteiger partial charge in [-0.2, -0.15) is 0 Å². The number of hydrogen-bond donors (Lipinski definition) is 1. The maximum absolute atomic E-state index is 11.9. The van der Waals surface area contributed by atoms with Crippen molar-refractivity contribution in [2.45, 2.75) is 45.6 Å². The highest BCUT2D eigenvalue weighted by molar-refractivity contribution is 5.79. The number of unbranched alkanes of at least 4 members (excludes halogenated alkanes) is 1. The zero-order valence-electron chi connectivity index (χ0n) is 16.5. The molecule has 1 saturated heterocycles. The molecule has 6 heteroatoms. The van der Waals surface area contributed by atoms with Crippen LogP contribution in [0, 0.1) is 12.8 Å². The van der Waals surface area contributed by atoms with E-state index in [9.17, 15) is 4.79 Å². The summed E-state index contributed by atoms with van der Waals surface area (Å²) < 4.78 is 7.27. The lowest BCUT2D eigenvalue weighted by molar-refractivity contribution is 0.0625. The van der Waals surface area contributed by atoms with Crippen LogP contribution in [0.5, 0.6) is 0 Å². The minimum Gasteiger partial charge on any atom is -0.381 e. The topological polar surface area (TPSA) is 58.9 Å². The Morgan fingerprint density at radius 2 is 2.12 bits per heavy atom. The predicted octanol–water partition coefficient (Wildman–Crippen LogP) is 2.26. The Labute approximate surface area is 157 Å². The zero-order valence-corrected chi connectivity index (χ0v) is 16.5. The average molecular weight is 363 g/mol. The van der Waals surface area contributed by atoms with Crippen LogP contribution in [0.4, 0.5) is 0 Å². The Bertz CT molecular complexity index is 620. The van der Waals surface area contributed by atoms with Gasteiger partial charge in [0.1, 0.15) is 0 Å². The largest absolute Gasteiger partial charge is 0.381 e. The second-order valence-electron chi connectivity index (χ2n) is 7.10. The summed E-state index contributed by atoms with van der Waals surface area (Å²) in [6.45, 7) is 6.45. The number of aryl methyl sites for hydroxylation is 1. The van der Waals surface area contributed by atoms with Crippen LogP contribution in [-0.2, 0) is 11.3 Å². The summed E-state index contributed by atoms with van der Waals surface area (Å²) in [4.78, 5) is 18.5. The number of hydrogen-bond acceptors (Lipinski definition) is 3. The second-order valence-corrected chi connectivity index (χ2v) is 7.10. The molecule has 0 bridgehead atoms. The van der Waals surface area contributed by atoms with Gasteiger partial charge in [-0.25, -0.2) is 0 Å². The number of guanidine groups is 1. The summed E-state index contributed by atoms with van der Waals surface area (Å²) in [5, 5.41) is 3.44. The van der Waals surface area contributed by atoms with Crippen LogP contribution >= 0.6 is 0 Å². The van der Waals surface area contributed by atoms with Crippen LogP contribution in [0.25, 0.3) is 0 Å². The Balaban J connectivity index is 1.65. The van der Waals surface area contributed by atoms with E-state index < -0.39 is 0 Å². The van der Waals surface area contributed by atoms with Crippen LogP contribution in [0.3, 0.4) is 0 Å². The summed E-state index contributed by atoms with van der Waals surface area (Å²) in [6.07, 6.45) is 5.53. The molecule has 2 rings (SSSR count). The third-order valence-electron chi connectivity index (χ3n) is 5.15. The quantitative estimate of drug-likeness (QED) is 0.438. The fraction of sp³-hybridized carbons (Fsp3) is 0.700. The molecule has 0 spiro atoms. The Hall–Kier alpha value is -1.82. The lowest BCUT2D eigenvalue weighted by Gasteiger charge is -2.26. The first kappa shape index (κ1) is 20.5. The van der Waals surface area contributed by atoms with E-state index >= 15 is 0 Å². The van der Waals surface area contributed by atoms with Gasteiger partial charge in [-0.1, -0.05) is 6.07 Å². The molecule has 0 radical (unpaired) electrons. The fourth-order valence-corrected chi connectivity index (χ4v) is 3.41. The van der Waals surface area contributed by atoms with Crippen molar-refractivity contribution in [1.82, 2.24) is 14.8 Å². The lowest BCUT2D eigenvalue weighted by atomic mass is 9.96. The molecular weight excluding hydrogens is 328 g/mol. The SMILES string of the molecule is CN=C(NCCCCn1c(C)cccc1=O)N(C)CCC1CCOCC1. The molecule has 1 fully saturated rings. The monoisotopic (exact) mass is 362 g/mol. The molecule has 0 amide bonds. The number of nitrogens with zero attached hydrogens (tertiary/aromatic N) is 3. The number of ether oxygens (including phenoxy) is 1. The van der Waals surface area contributed by atoms with Gasteiger partial charge < -0.3 is 19.5 Å². The highest BCUT2D eigenvalue weighted by Crippen LogP contribution is 2.18. The number of pyridine rings is 1. The van der Waals surface area contributed by atoms with E-state index in [0.29, 0.717) is 0 Å². The van der Waals surface area contributed by atoms with E-state index in [1.54, 1.807) is 6.07 Å². The van der Waals surface area contributed by atoms with Gasteiger partial charge in [-0.05, 0) is 51.0 Å². The average Bonchev–Trinajstić information content (AvgIpc) is 2.65. The summed E-state index contributed by atoms with van der Waals surface area (Å²) in [5.41, 5.74) is 1.11. The van der Waals surface area contributed by atoms with Crippen LogP contribution in [0.2, 0.25) is 0 Å². The maximum atomic E-state index is 11.9. The Morgan fingerprint density at radius 3 is 2.81 bits per heavy atom. The number of rotatable bonds is 8. The molecule has 1 aromatic rings. The van der Waals surface area contributed by atoms with Gasteiger partial charge in [-0.3, -0.25) is 9.79 Å². The first-order valence-electron chi connectivity index (χ1n) is 9.78. The smallest absolute Gasteiger partial charge is 0.250 e. The van der Waals surface area contributed by atoms with Crippen molar-refractivity contribution in [3.05, 3.63) is 34.2 Å². The maximum Gasteiger partial charge on any atom is 0.250 e. The van der Waals surface area contributed by atoms with E-state index in [1.807, 2.05) is 30.7 Å². The van der Waals surface area contributed by atoms with Gasteiger partial charge in [0.2, 0.25) is 0 Å². The van der Waals surface area contributed by atoms with Crippen LogP contribution in [-0.4, -0.2) is 55.8 Å². The molecule has 0 aromatic carbocycles. The molecule has 2 heterocycles. The first-order valence-corrected chi connectivity index (χ1v) is 9.78. The van der Waals surface area contributed by atoms with Crippen molar-refractivity contribution in [3.8, 4) is 0 Å². The third-order valence-corrected chi connectivity index (χ3v) is 5.15. The highest BCUT2D eigenvalue weighted by Gasteiger charge is 2.15. The summed E-state index contributed by atoms with van der Waals surface area (Å²) in [5.74, 6) is 1.72. The second kappa shape index (κ2) is 11.0. The Morgan fingerprint density at radius 1 is 1.35 bits per heavy atom. The normalized spacial score (nSPS) is 15.9. The predicted molar refractivity (Wildman–Crippen MR) is 107 cm³/mol. The van der Waals surface area contributed by atoms with Gasteiger partial charge >= 0.3 is 0 Å². The molecule has 1 aliphatic rings. The lowest BCUT2D eigenvalue weighted by Crippen LogP contribution is -2.40. The van der Waals surface area contributed by atoms with E-state index in [-0.39, 0.29) is 5.56 Å². The van der Waals surface area contributed by atoms with E-state index in [0.717, 1.165) is 63.3 Å². The molecule has 26 heavy (non-hydrogen) atoms. The number of nitrogens with one attached hydrogen (secondary N) is 1. The standard InChI is InChI=1S/C20H34N4O2/c1-17-7-6-8-19(25)24(17)13-5-4-12-22-20(21-2)23(3)14-9-18-10-15-26-16-11-18/h6-8,18H,4-5,9-16H2,1-3H3,(H,21,22). The molecule has 0 aliphatic carbocycles. The molecule has 1 aromatic heterocycles. The van der Waals surface area contributed by atoms with Gasteiger partial charge in [0.25, 0.3) is 5.56 Å². The highest BCUT2D eigenvalue weighted by atomic mass is 16.5. The molecular formula is C20H34N4O2. The molecule has 146 valence electrons. The van der Waals surface area contributed by atoms with E-state index in [4.69, 9.17) is 4.74 Å². The molecule has 0 atom stereocenters. The number of aliphatic imine (C=N–C) groups is 1. The number of aromatic nitrogens is 1. The van der Waals surface area contributed by atoms with Gasteiger partial charge in [-0.15, -0.1) is 0 Å². The van der Waals surface area contributed by atoms with Crippen molar-refractivity contribution < 1.29 is 4.74 Å². The Kier molecular flexibility index (Phi) is 8.68. The van der Waals surface area contributed by atoms with Crippen molar-refractivity contribution in [2.75, 3.05) is 40.4 Å². The minimum absolute atomic E-state index is 0.0848. The third kappa shape index (κ3) is 6.48. The van der Waals surface area contributed by atoms with Crippen molar-refractivity contribution in [2.24, 2.45) is 10.9 Å². The summed E-state index contributed by atoms with van der Waals surface area (Å²) in [6, 6.07) is 5.42. The molecule has 0 unspecified atom stereocenters. The molecule has 1 N–H and O–H groups in total. The van der Waals surface area contributed by atoms with Crippen molar-refractivity contribution in [1.29, 1.82) is 0 Å². The van der Waals surface area contributed by atoms with Gasteiger partial charge in [0.05, 0.1) is 0 Å². The van der Waals surface area contributed by atoms with Gasteiger partial charge in [0.15, 0.2) is 5.96 Å². The van der Waals surface area contributed by atoms with Crippen LogP contribution < -0.4 is 10.9 Å². The summed E-state index contributed by atoms with van der Waals surface area (Å²) >= 11 is 0. The van der Waals surface area contributed by atoms with E-state index in [2.05, 4.69) is 22.3 Å². The van der Waals surface area contributed by atoms with E-state index in [1.165, 1.54) is 19.3 Å². The fourth-order valence-electron chi connectivity index (χ4n) is 3.41. The van der Waals surface area contributed by atoms with Crippen molar-refractivity contribution >= 4 is 5.96 Å². The minimum atomic E-state index is 0.0848. The first-order chi connectivity index (χ1) is 12.6. The summed E-state index contributed by atoms with van der Waals surface area (Å²) in [7, 11) is 3.93. The molecule has 6 nitrogen and oxygen atoms in total.